The number of anilines is 1. The van der Waals surface area contributed by atoms with Crippen molar-refractivity contribution in [3.05, 3.63) is 69.8 Å². The first kappa shape index (κ1) is 26.4. The van der Waals surface area contributed by atoms with E-state index >= 15 is 0 Å². The highest BCUT2D eigenvalue weighted by molar-refractivity contribution is 7.09. The highest BCUT2D eigenvalue weighted by Crippen LogP contribution is 2.33. The van der Waals surface area contributed by atoms with E-state index in [0.717, 1.165) is 36.8 Å². The maximum absolute atomic E-state index is 13.2. The maximum atomic E-state index is 13.2. The molecule has 2 aromatic heterocycles. The molecule has 3 aromatic rings. The number of thiazole rings is 1. The van der Waals surface area contributed by atoms with E-state index in [1.165, 1.54) is 0 Å². The van der Waals surface area contributed by atoms with Crippen LogP contribution in [0.4, 0.5) is 5.82 Å². The maximum Gasteiger partial charge on any atom is 0.273 e. The standard InChI is InChI=1S/C28H32ClN5O3S/c1-28(2,37-23-8-4-3-7-21(23)29)27(36)34-13-10-20(11-14-34)25-31-22(19-38-25)26(35)33-17-15-32(16-18-33)24-9-5-6-12-30-24/h3-9,12,19-20H,10-11,13-18H2,1-2H3. The number of aromatic nitrogens is 2. The lowest BCUT2D eigenvalue weighted by molar-refractivity contribution is -0.146. The Bertz CT molecular complexity index is 1270. The van der Waals surface area contributed by atoms with Crippen molar-refractivity contribution in [1.29, 1.82) is 0 Å². The van der Waals surface area contributed by atoms with Crippen LogP contribution in [0.15, 0.2) is 54.0 Å². The number of carbonyl (C=O) groups excluding carboxylic acids is 2. The number of piperazine rings is 1. The lowest BCUT2D eigenvalue weighted by Gasteiger charge is -2.36. The fourth-order valence-electron chi connectivity index (χ4n) is 4.97. The van der Waals surface area contributed by atoms with Crippen molar-refractivity contribution < 1.29 is 14.3 Å². The number of ether oxygens (including phenoxy) is 1. The Morgan fingerprint density at radius 3 is 2.37 bits per heavy atom. The molecule has 2 amide bonds. The average molecular weight is 554 g/mol. The number of para-hydroxylation sites is 1. The average Bonchev–Trinajstić information content (AvgIpc) is 3.44. The molecule has 0 radical (unpaired) electrons. The van der Waals surface area contributed by atoms with Gasteiger partial charge in [0.25, 0.3) is 11.8 Å². The minimum Gasteiger partial charge on any atom is -0.476 e. The van der Waals surface area contributed by atoms with E-state index in [9.17, 15) is 9.59 Å². The summed E-state index contributed by atoms with van der Waals surface area (Å²) in [6, 6.07) is 13.1. The molecule has 4 heterocycles. The molecule has 0 bridgehead atoms. The van der Waals surface area contributed by atoms with Gasteiger partial charge in [0.15, 0.2) is 5.60 Å². The van der Waals surface area contributed by atoms with Gasteiger partial charge in [-0.15, -0.1) is 11.3 Å². The van der Waals surface area contributed by atoms with E-state index in [4.69, 9.17) is 21.3 Å². The SMILES string of the molecule is CC(C)(Oc1ccccc1Cl)C(=O)N1CCC(c2nc(C(=O)N3CCN(c4ccccn4)CC3)cs2)CC1. The number of likely N-dealkylation sites (tertiary alicyclic amines) is 1. The van der Waals surface area contributed by atoms with Crippen molar-refractivity contribution in [1.82, 2.24) is 19.8 Å². The van der Waals surface area contributed by atoms with Gasteiger partial charge in [-0.2, -0.15) is 0 Å². The van der Waals surface area contributed by atoms with Gasteiger partial charge < -0.3 is 19.4 Å². The van der Waals surface area contributed by atoms with Crippen molar-refractivity contribution in [3.8, 4) is 5.75 Å². The molecule has 0 saturated carbocycles. The summed E-state index contributed by atoms with van der Waals surface area (Å²) in [4.78, 5) is 41.4. The van der Waals surface area contributed by atoms with E-state index in [1.807, 2.05) is 45.5 Å². The van der Waals surface area contributed by atoms with E-state index in [1.54, 1.807) is 43.5 Å². The molecule has 2 aliphatic heterocycles. The molecule has 5 rings (SSSR count). The molecule has 2 fully saturated rings. The first-order valence-corrected chi connectivity index (χ1v) is 14.2. The molecule has 0 aliphatic carbocycles. The molecular weight excluding hydrogens is 522 g/mol. The van der Waals surface area contributed by atoms with Gasteiger partial charge in [-0.25, -0.2) is 9.97 Å². The van der Waals surface area contributed by atoms with Gasteiger partial charge >= 0.3 is 0 Å². The number of carbonyl (C=O) groups is 2. The third kappa shape index (κ3) is 5.78. The predicted molar refractivity (Wildman–Crippen MR) is 149 cm³/mol. The molecular formula is C28H32ClN5O3S. The molecule has 10 heteroatoms. The highest BCUT2D eigenvalue weighted by Gasteiger charge is 2.37. The summed E-state index contributed by atoms with van der Waals surface area (Å²) >= 11 is 7.77. The Kier molecular flexibility index (Phi) is 7.85. The second-order valence-electron chi connectivity index (χ2n) is 10.1. The van der Waals surface area contributed by atoms with Gasteiger partial charge in [-0.05, 0) is 51.0 Å². The van der Waals surface area contributed by atoms with Crippen molar-refractivity contribution in [2.24, 2.45) is 0 Å². The van der Waals surface area contributed by atoms with Crippen LogP contribution in [0.25, 0.3) is 0 Å². The van der Waals surface area contributed by atoms with E-state index < -0.39 is 5.60 Å². The fraction of sp³-hybridized carbons (Fsp3) is 0.429. The minimum atomic E-state index is -1.03. The van der Waals surface area contributed by atoms with Crippen LogP contribution in [0.1, 0.15) is 48.1 Å². The zero-order valence-electron chi connectivity index (χ0n) is 21.7. The third-order valence-electron chi connectivity index (χ3n) is 7.13. The summed E-state index contributed by atoms with van der Waals surface area (Å²) in [6.45, 7) is 7.60. The number of halogens is 1. The van der Waals surface area contributed by atoms with Gasteiger partial charge in [-0.1, -0.05) is 29.8 Å². The molecule has 2 saturated heterocycles. The lowest BCUT2D eigenvalue weighted by Crippen LogP contribution is -2.51. The van der Waals surface area contributed by atoms with Gasteiger partial charge in [0.1, 0.15) is 17.3 Å². The van der Waals surface area contributed by atoms with Crippen LogP contribution in [-0.4, -0.2) is 76.5 Å². The van der Waals surface area contributed by atoms with Crippen molar-refractivity contribution in [2.45, 2.75) is 38.2 Å². The summed E-state index contributed by atoms with van der Waals surface area (Å²) in [6.07, 6.45) is 3.40. The zero-order chi connectivity index (χ0) is 26.7. The second-order valence-corrected chi connectivity index (χ2v) is 11.4. The Balaban J connectivity index is 1.13. The highest BCUT2D eigenvalue weighted by atomic mass is 35.5. The summed E-state index contributed by atoms with van der Waals surface area (Å²) in [7, 11) is 0. The smallest absolute Gasteiger partial charge is 0.273 e. The summed E-state index contributed by atoms with van der Waals surface area (Å²) in [5, 5.41) is 3.33. The van der Waals surface area contributed by atoms with Crippen molar-refractivity contribution in [2.75, 3.05) is 44.2 Å². The molecule has 0 spiro atoms. The minimum absolute atomic E-state index is 0.0146. The number of amides is 2. The van der Waals surface area contributed by atoms with Crippen LogP contribution in [0.5, 0.6) is 5.75 Å². The first-order chi connectivity index (χ1) is 18.3. The molecule has 8 nitrogen and oxygen atoms in total. The van der Waals surface area contributed by atoms with Gasteiger partial charge in [-0.3, -0.25) is 9.59 Å². The van der Waals surface area contributed by atoms with E-state index in [2.05, 4.69) is 9.88 Å². The second kappa shape index (κ2) is 11.3. The van der Waals surface area contributed by atoms with Crippen LogP contribution in [0.2, 0.25) is 5.02 Å². The van der Waals surface area contributed by atoms with Crippen molar-refractivity contribution >= 4 is 40.6 Å². The van der Waals surface area contributed by atoms with E-state index in [-0.39, 0.29) is 17.7 Å². The molecule has 200 valence electrons. The summed E-state index contributed by atoms with van der Waals surface area (Å²) in [5.74, 6) is 1.61. The Morgan fingerprint density at radius 2 is 1.68 bits per heavy atom. The molecule has 0 N–H and O–H groups in total. The van der Waals surface area contributed by atoms with Crippen LogP contribution in [0, 0.1) is 0 Å². The van der Waals surface area contributed by atoms with Crippen LogP contribution < -0.4 is 9.64 Å². The quantitative estimate of drug-likeness (QED) is 0.439. The van der Waals surface area contributed by atoms with E-state index in [0.29, 0.717) is 42.6 Å². The number of rotatable bonds is 6. The van der Waals surface area contributed by atoms with Gasteiger partial charge in [0, 0.05) is 56.8 Å². The number of benzene rings is 1. The van der Waals surface area contributed by atoms with Gasteiger partial charge in [0.05, 0.1) is 10.0 Å². The zero-order valence-corrected chi connectivity index (χ0v) is 23.2. The third-order valence-corrected chi connectivity index (χ3v) is 8.45. The number of nitrogens with zero attached hydrogens (tertiary/aromatic N) is 5. The lowest BCUT2D eigenvalue weighted by atomic mass is 9.96. The fourth-order valence-corrected chi connectivity index (χ4v) is 6.11. The Labute approximate surface area is 232 Å². The summed E-state index contributed by atoms with van der Waals surface area (Å²) < 4.78 is 6.00. The molecule has 0 unspecified atom stereocenters. The number of hydrogen-bond acceptors (Lipinski definition) is 7. The normalized spacial score (nSPS) is 17.0. The summed E-state index contributed by atoms with van der Waals surface area (Å²) in [5.41, 5.74) is -0.511. The van der Waals surface area contributed by atoms with Crippen LogP contribution >= 0.6 is 22.9 Å². The molecule has 1 aromatic carbocycles. The Hall–Kier alpha value is -3.17. The number of pyridine rings is 1. The van der Waals surface area contributed by atoms with Crippen LogP contribution in [-0.2, 0) is 4.79 Å². The number of piperidine rings is 1. The first-order valence-electron chi connectivity index (χ1n) is 13.0. The van der Waals surface area contributed by atoms with Crippen molar-refractivity contribution in [3.63, 3.8) is 0 Å². The topological polar surface area (TPSA) is 78.9 Å². The van der Waals surface area contributed by atoms with Crippen LogP contribution in [0.3, 0.4) is 0 Å². The largest absolute Gasteiger partial charge is 0.476 e. The Morgan fingerprint density at radius 1 is 0.974 bits per heavy atom. The molecule has 2 aliphatic rings. The molecule has 38 heavy (non-hydrogen) atoms. The monoisotopic (exact) mass is 553 g/mol. The number of hydrogen-bond donors (Lipinski definition) is 0. The molecule has 0 atom stereocenters. The predicted octanol–water partition coefficient (Wildman–Crippen LogP) is 4.72. The van der Waals surface area contributed by atoms with Gasteiger partial charge in [0.2, 0.25) is 0 Å².